The molecule has 3 N–H and O–H groups in total. The third kappa shape index (κ3) is 9.57. The molecule has 12 heteroatoms. The number of nitrogens with one attached hydrogen (secondary N) is 2. The van der Waals surface area contributed by atoms with E-state index < -0.39 is 35.2 Å². The highest BCUT2D eigenvalue weighted by Crippen LogP contribution is 2.30. The minimum atomic E-state index is -1.07. The number of nitrogens with zero attached hydrogens (tertiary/aromatic N) is 3. The SMILES string of the molecule is Cc1ncsc1-c1ccc(CCNC(=O)[C@@H]2C[C@@H](O)CN2C(=O)C(C)(C)[C@H](C)NC(=O)CN(C)CC(=O)OC(C)(C)C)cc1. The zero-order valence-electron chi connectivity index (χ0n) is 27.1. The molecule has 1 saturated heterocycles. The van der Waals surface area contributed by atoms with Crippen molar-refractivity contribution < 1.29 is 29.0 Å². The van der Waals surface area contributed by atoms with Crippen molar-refractivity contribution >= 4 is 35.0 Å². The number of ether oxygens (including phenoxy) is 1. The number of benzene rings is 1. The molecule has 3 rings (SSSR count). The molecular formula is C32H47N5O6S. The van der Waals surface area contributed by atoms with Crippen molar-refractivity contribution in [3.8, 4) is 10.4 Å². The van der Waals surface area contributed by atoms with E-state index in [4.69, 9.17) is 4.74 Å². The smallest absolute Gasteiger partial charge is 0.320 e. The van der Waals surface area contributed by atoms with Gasteiger partial charge in [-0.2, -0.15) is 0 Å². The normalized spacial score (nSPS) is 17.8. The van der Waals surface area contributed by atoms with E-state index in [-0.39, 0.29) is 43.8 Å². The molecule has 3 atom stereocenters. The van der Waals surface area contributed by atoms with Gasteiger partial charge in [0.25, 0.3) is 0 Å². The predicted molar refractivity (Wildman–Crippen MR) is 170 cm³/mol. The van der Waals surface area contributed by atoms with Crippen molar-refractivity contribution in [2.75, 3.05) is 33.2 Å². The zero-order chi connectivity index (χ0) is 32.8. The van der Waals surface area contributed by atoms with Gasteiger partial charge in [0, 0.05) is 25.6 Å². The molecule has 2 aromatic rings. The summed E-state index contributed by atoms with van der Waals surface area (Å²) in [6, 6.07) is 6.76. The van der Waals surface area contributed by atoms with Crippen molar-refractivity contribution in [1.82, 2.24) is 25.4 Å². The molecule has 1 fully saturated rings. The molecular weight excluding hydrogens is 582 g/mol. The molecule has 242 valence electrons. The molecule has 0 aliphatic carbocycles. The monoisotopic (exact) mass is 629 g/mol. The summed E-state index contributed by atoms with van der Waals surface area (Å²) < 4.78 is 5.30. The fraction of sp³-hybridized carbons (Fsp3) is 0.594. The topological polar surface area (TPSA) is 141 Å². The number of carbonyl (C=O) groups is 4. The first-order chi connectivity index (χ1) is 20.5. The number of aliphatic hydroxyl groups is 1. The quantitative estimate of drug-likeness (QED) is 0.304. The van der Waals surface area contributed by atoms with Crippen LogP contribution in [0.2, 0.25) is 0 Å². The third-order valence-corrected chi connectivity index (χ3v) is 8.74. The highest BCUT2D eigenvalue weighted by atomic mass is 32.1. The van der Waals surface area contributed by atoms with Gasteiger partial charge in [0.2, 0.25) is 17.7 Å². The molecule has 1 aromatic carbocycles. The Morgan fingerprint density at radius 3 is 2.39 bits per heavy atom. The van der Waals surface area contributed by atoms with Gasteiger partial charge in [-0.15, -0.1) is 11.3 Å². The minimum absolute atomic E-state index is 0.0398. The summed E-state index contributed by atoms with van der Waals surface area (Å²) >= 11 is 1.60. The maximum Gasteiger partial charge on any atom is 0.320 e. The van der Waals surface area contributed by atoms with Crippen molar-refractivity contribution in [1.29, 1.82) is 0 Å². The molecule has 1 aliphatic heterocycles. The number of likely N-dealkylation sites (tertiary alicyclic amines) is 1. The van der Waals surface area contributed by atoms with E-state index in [0.717, 1.165) is 21.7 Å². The Kier molecular flexibility index (Phi) is 11.7. The van der Waals surface area contributed by atoms with Crippen LogP contribution >= 0.6 is 11.3 Å². The number of amides is 3. The van der Waals surface area contributed by atoms with Crippen LogP contribution in [0.15, 0.2) is 29.8 Å². The Bertz CT molecular complexity index is 1320. The van der Waals surface area contributed by atoms with Crippen LogP contribution < -0.4 is 10.6 Å². The summed E-state index contributed by atoms with van der Waals surface area (Å²) in [6.45, 7) is 12.8. The van der Waals surface area contributed by atoms with Crippen molar-refractivity contribution in [3.05, 3.63) is 41.0 Å². The molecule has 1 aromatic heterocycles. The number of thiazole rings is 1. The summed E-state index contributed by atoms with van der Waals surface area (Å²) in [6.07, 6.45) is -0.0553. The van der Waals surface area contributed by atoms with E-state index in [1.165, 1.54) is 4.90 Å². The van der Waals surface area contributed by atoms with Gasteiger partial charge < -0.3 is 25.4 Å². The Balaban J connectivity index is 1.53. The van der Waals surface area contributed by atoms with Crippen LogP contribution in [0.5, 0.6) is 0 Å². The van der Waals surface area contributed by atoms with E-state index in [1.54, 1.807) is 64.8 Å². The Morgan fingerprint density at radius 1 is 1.14 bits per heavy atom. The van der Waals surface area contributed by atoms with Gasteiger partial charge in [-0.25, -0.2) is 4.98 Å². The molecule has 0 bridgehead atoms. The van der Waals surface area contributed by atoms with Crippen LogP contribution in [0, 0.1) is 12.3 Å². The Hall–Kier alpha value is -3.35. The van der Waals surface area contributed by atoms with Gasteiger partial charge in [-0.3, -0.25) is 24.1 Å². The van der Waals surface area contributed by atoms with E-state index in [1.807, 2.05) is 36.7 Å². The van der Waals surface area contributed by atoms with E-state index >= 15 is 0 Å². The van der Waals surface area contributed by atoms with E-state index in [2.05, 4.69) is 15.6 Å². The zero-order valence-corrected chi connectivity index (χ0v) is 27.9. The summed E-state index contributed by atoms with van der Waals surface area (Å²) in [5.74, 6) is -1.44. The van der Waals surface area contributed by atoms with Crippen LogP contribution in [0.1, 0.15) is 59.2 Å². The lowest BCUT2D eigenvalue weighted by molar-refractivity contribution is -0.155. The average molecular weight is 630 g/mol. The lowest BCUT2D eigenvalue weighted by Gasteiger charge is -2.36. The highest BCUT2D eigenvalue weighted by molar-refractivity contribution is 7.13. The van der Waals surface area contributed by atoms with E-state index in [9.17, 15) is 24.3 Å². The van der Waals surface area contributed by atoms with Gasteiger partial charge in [-0.1, -0.05) is 24.3 Å². The van der Waals surface area contributed by atoms with Gasteiger partial charge in [0.1, 0.15) is 11.6 Å². The van der Waals surface area contributed by atoms with Crippen LogP contribution in [0.4, 0.5) is 0 Å². The van der Waals surface area contributed by atoms with Crippen molar-refractivity contribution in [3.63, 3.8) is 0 Å². The van der Waals surface area contributed by atoms with Gasteiger partial charge >= 0.3 is 5.97 Å². The molecule has 0 radical (unpaired) electrons. The Morgan fingerprint density at radius 2 is 1.80 bits per heavy atom. The van der Waals surface area contributed by atoms with Crippen LogP contribution in [-0.2, 0) is 30.3 Å². The molecule has 3 amide bonds. The number of rotatable bonds is 12. The van der Waals surface area contributed by atoms with E-state index in [0.29, 0.717) is 13.0 Å². The molecule has 0 spiro atoms. The standard InChI is InChI=1S/C32H47N5O6S/c1-20-28(44-19-34-20)23-11-9-22(10-12-23)13-14-33-29(41)25-15-24(38)16-37(25)30(42)32(6,7)21(2)35-26(39)17-36(8)18-27(40)43-31(3,4)5/h9-12,19,21,24-25,38H,13-18H2,1-8H3,(H,33,41)(H,35,39)/t21-,24+,25-/m0/s1. The number of aliphatic hydroxyl groups excluding tert-OH is 1. The Labute approximate surface area is 264 Å². The minimum Gasteiger partial charge on any atom is -0.459 e. The number of hydrogen-bond acceptors (Lipinski definition) is 9. The lowest BCUT2D eigenvalue weighted by atomic mass is 9.83. The van der Waals surface area contributed by atoms with Crippen molar-refractivity contribution in [2.24, 2.45) is 5.41 Å². The second-order valence-corrected chi connectivity index (χ2v) is 14.0. The second-order valence-electron chi connectivity index (χ2n) is 13.1. The number of aryl methyl sites for hydroxylation is 1. The number of aromatic nitrogens is 1. The summed E-state index contributed by atoms with van der Waals surface area (Å²) in [5.41, 5.74) is 3.31. The van der Waals surface area contributed by atoms with Crippen LogP contribution in [0.3, 0.4) is 0 Å². The number of esters is 1. The average Bonchev–Trinajstić information content (AvgIpc) is 3.52. The van der Waals surface area contributed by atoms with Crippen molar-refractivity contribution in [2.45, 2.75) is 85.1 Å². The van der Waals surface area contributed by atoms with Gasteiger partial charge in [0.05, 0.1) is 40.7 Å². The molecule has 0 saturated carbocycles. The number of hydrogen-bond donors (Lipinski definition) is 3. The predicted octanol–water partition coefficient (Wildman–Crippen LogP) is 2.54. The summed E-state index contributed by atoms with van der Waals surface area (Å²) in [5, 5.41) is 16.2. The largest absolute Gasteiger partial charge is 0.459 e. The third-order valence-electron chi connectivity index (χ3n) is 7.76. The molecule has 44 heavy (non-hydrogen) atoms. The second kappa shape index (κ2) is 14.6. The van der Waals surface area contributed by atoms with Gasteiger partial charge in [0.15, 0.2) is 0 Å². The lowest BCUT2D eigenvalue weighted by Crippen LogP contribution is -2.56. The first kappa shape index (κ1) is 35.1. The fourth-order valence-corrected chi connectivity index (χ4v) is 5.87. The highest BCUT2D eigenvalue weighted by Gasteiger charge is 2.46. The summed E-state index contributed by atoms with van der Waals surface area (Å²) in [7, 11) is 1.64. The van der Waals surface area contributed by atoms with Crippen LogP contribution in [0.25, 0.3) is 10.4 Å². The molecule has 11 nitrogen and oxygen atoms in total. The number of β-amino-alcohol motifs (C(OH)–C–C–N with tert-alkyl or cyclic N) is 1. The fourth-order valence-electron chi connectivity index (χ4n) is 5.05. The number of likely N-dealkylation sites (N-methyl/N-ethyl adjacent to an activating group) is 1. The number of carbonyl (C=O) groups excluding carboxylic acids is 4. The maximum atomic E-state index is 13.7. The summed E-state index contributed by atoms with van der Waals surface area (Å²) in [4.78, 5) is 60.1. The maximum absolute atomic E-state index is 13.7. The van der Waals surface area contributed by atoms with Gasteiger partial charge in [-0.05, 0) is 73.1 Å². The van der Waals surface area contributed by atoms with Crippen LogP contribution in [-0.4, -0.2) is 101 Å². The molecule has 1 aliphatic rings. The molecule has 0 unspecified atom stereocenters. The molecule has 2 heterocycles. The first-order valence-corrected chi connectivity index (χ1v) is 15.8. The first-order valence-electron chi connectivity index (χ1n) is 14.9.